The van der Waals surface area contributed by atoms with Crippen molar-refractivity contribution in [1.82, 2.24) is 4.90 Å². The van der Waals surface area contributed by atoms with Gasteiger partial charge in [0, 0.05) is 25.8 Å². The zero-order chi connectivity index (χ0) is 13.8. The Bertz CT molecular complexity index is 461. The normalized spacial score (nSPS) is 18.5. The molecular formula is C14H19NO4. The van der Waals surface area contributed by atoms with Gasteiger partial charge in [-0.05, 0) is 24.6 Å². The highest BCUT2D eigenvalue weighted by Gasteiger charge is 2.27. The van der Waals surface area contributed by atoms with Crippen molar-refractivity contribution in [1.29, 1.82) is 0 Å². The van der Waals surface area contributed by atoms with Crippen LogP contribution in [0.2, 0.25) is 0 Å². The van der Waals surface area contributed by atoms with Crippen LogP contribution < -0.4 is 9.47 Å². The summed E-state index contributed by atoms with van der Waals surface area (Å²) in [6.45, 7) is 1.37. The Balaban J connectivity index is 2.15. The van der Waals surface area contributed by atoms with E-state index in [4.69, 9.17) is 14.2 Å². The van der Waals surface area contributed by atoms with Crippen LogP contribution in [0.1, 0.15) is 16.8 Å². The number of methoxy groups -OCH3 is 3. The molecule has 0 radical (unpaired) electrons. The second-order valence-corrected chi connectivity index (χ2v) is 4.47. The molecule has 0 N–H and O–H groups in total. The van der Waals surface area contributed by atoms with Gasteiger partial charge in [-0.15, -0.1) is 0 Å². The Kier molecular flexibility index (Phi) is 4.27. The van der Waals surface area contributed by atoms with Gasteiger partial charge in [0.05, 0.1) is 20.3 Å². The fraction of sp³-hybridized carbons (Fsp3) is 0.500. The largest absolute Gasteiger partial charge is 0.493 e. The van der Waals surface area contributed by atoms with Crippen LogP contribution in [0.25, 0.3) is 0 Å². The predicted octanol–water partition coefficient (Wildman–Crippen LogP) is 1.56. The van der Waals surface area contributed by atoms with Gasteiger partial charge >= 0.3 is 0 Å². The molecule has 1 aliphatic rings. The topological polar surface area (TPSA) is 48.0 Å². The third kappa shape index (κ3) is 2.81. The molecule has 1 aliphatic heterocycles. The molecule has 0 aliphatic carbocycles. The maximum atomic E-state index is 12.4. The van der Waals surface area contributed by atoms with Gasteiger partial charge in [0.2, 0.25) is 0 Å². The van der Waals surface area contributed by atoms with Crippen LogP contribution in [-0.4, -0.2) is 51.3 Å². The van der Waals surface area contributed by atoms with E-state index in [1.807, 2.05) is 0 Å². The Morgan fingerprint density at radius 1 is 1.21 bits per heavy atom. The molecule has 0 bridgehead atoms. The summed E-state index contributed by atoms with van der Waals surface area (Å²) in [6, 6.07) is 5.21. The molecule has 19 heavy (non-hydrogen) atoms. The highest BCUT2D eigenvalue weighted by molar-refractivity contribution is 5.95. The van der Waals surface area contributed by atoms with E-state index >= 15 is 0 Å². The molecule has 1 saturated heterocycles. The Morgan fingerprint density at radius 3 is 2.53 bits per heavy atom. The average Bonchev–Trinajstić information content (AvgIpc) is 2.94. The monoisotopic (exact) mass is 265 g/mol. The number of ether oxygens (including phenoxy) is 3. The van der Waals surface area contributed by atoms with Gasteiger partial charge in [0.15, 0.2) is 11.5 Å². The molecule has 0 aromatic heterocycles. The molecule has 1 amide bonds. The Hall–Kier alpha value is -1.75. The summed E-state index contributed by atoms with van der Waals surface area (Å²) in [5.74, 6) is 1.19. The molecule has 2 rings (SSSR count). The quantitative estimate of drug-likeness (QED) is 0.829. The second kappa shape index (κ2) is 5.93. The van der Waals surface area contributed by atoms with Crippen molar-refractivity contribution in [2.24, 2.45) is 0 Å². The van der Waals surface area contributed by atoms with Crippen LogP contribution in [0.5, 0.6) is 11.5 Å². The van der Waals surface area contributed by atoms with Gasteiger partial charge < -0.3 is 19.1 Å². The molecule has 0 spiro atoms. The summed E-state index contributed by atoms with van der Waals surface area (Å²) in [4.78, 5) is 14.2. The van der Waals surface area contributed by atoms with E-state index in [0.717, 1.165) is 13.0 Å². The number of rotatable bonds is 4. The van der Waals surface area contributed by atoms with Crippen LogP contribution in [0.15, 0.2) is 18.2 Å². The minimum absolute atomic E-state index is 0.000466. The molecule has 5 nitrogen and oxygen atoms in total. The lowest BCUT2D eigenvalue weighted by atomic mass is 10.1. The van der Waals surface area contributed by atoms with E-state index in [0.29, 0.717) is 23.6 Å². The van der Waals surface area contributed by atoms with Crippen LogP contribution >= 0.6 is 0 Å². The fourth-order valence-electron chi connectivity index (χ4n) is 2.26. The number of likely N-dealkylation sites (tertiary alicyclic amines) is 1. The average molecular weight is 265 g/mol. The summed E-state index contributed by atoms with van der Waals surface area (Å²) >= 11 is 0. The molecule has 1 atom stereocenters. The first-order valence-corrected chi connectivity index (χ1v) is 6.23. The van der Waals surface area contributed by atoms with Crippen molar-refractivity contribution >= 4 is 5.91 Å². The summed E-state index contributed by atoms with van der Waals surface area (Å²) < 4.78 is 15.6. The molecule has 0 saturated carbocycles. The summed E-state index contributed by atoms with van der Waals surface area (Å²) in [7, 11) is 4.81. The zero-order valence-corrected chi connectivity index (χ0v) is 11.5. The van der Waals surface area contributed by atoms with E-state index in [9.17, 15) is 4.79 Å². The Morgan fingerprint density at radius 2 is 1.95 bits per heavy atom. The molecule has 1 unspecified atom stereocenters. The smallest absolute Gasteiger partial charge is 0.254 e. The van der Waals surface area contributed by atoms with E-state index in [1.54, 1.807) is 44.4 Å². The lowest BCUT2D eigenvalue weighted by molar-refractivity contribution is 0.0724. The van der Waals surface area contributed by atoms with Gasteiger partial charge in [-0.2, -0.15) is 0 Å². The number of nitrogens with zero attached hydrogens (tertiary/aromatic N) is 1. The maximum absolute atomic E-state index is 12.4. The van der Waals surface area contributed by atoms with E-state index in [-0.39, 0.29) is 12.0 Å². The van der Waals surface area contributed by atoms with E-state index < -0.39 is 0 Å². The first-order chi connectivity index (χ1) is 9.19. The molecule has 1 aromatic carbocycles. The van der Waals surface area contributed by atoms with Crippen LogP contribution in [0.3, 0.4) is 0 Å². The molecule has 1 aromatic rings. The third-order valence-corrected chi connectivity index (χ3v) is 3.40. The number of amides is 1. The number of benzene rings is 1. The van der Waals surface area contributed by atoms with Crippen LogP contribution in [0.4, 0.5) is 0 Å². The first-order valence-electron chi connectivity index (χ1n) is 6.23. The zero-order valence-electron chi connectivity index (χ0n) is 11.5. The van der Waals surface area contributed by atoms with Crippen molar-refractivity contribution in [3.05, 3.63) is 23.8 Å². The lowest BCUT2D eigenvalue weighted by Crippen LogP contribution is -2.29. The minimum Gasteiger partial charge on any atom is -0.493 e. The minimum atomic E-state index is 0.000466. The van der Waals surface area contributed by atoms with E-state index in [2.05, 4.69) is 0 Å². The molecule has 1 heterocycles. The number of hydrogen-bond acceptors (Lipinski definition) is 4. The fourth-order valence-corrected chi connectivity index (χ4v) is 2.26. The van der Waals surface area contributed by atoms with Gasteiger partial charge in [0.25, 0.3) is 5.91 Å². The van der Waals surface area contributed by atoms with Crippen LogP contribution in [0, 0.1) is 0 Å². The highest BCUT2D eigenvalue weighted by atomic mass is 16.5. The maximum Gasteiger partial charge on any atom is 0.254 e. The molecule has 5 heteroatoms. The van der Waals surface area contributed by atoms with Crippen molar-refractivity contribution in [3.8, 4) is 11.5 Å². The molecular weight excluding hydrogens is 246 g/mol. The summed E-state index contributed by atoms with van der Waals surface area (Å²) in [6.07, 6.45) is 1.03. The predicted molar refractivity (Wildman–Crippen MR) is 70.9 cm³/mol. The van der Waals surface area contributed by atoms with Crippen molar-refractivity contribution < 1.29 is 19.0 Å². The highest BCUT2D eigenvalue weighted by Crippen LogP contribution is 2.28. The first kappa shape index (κ1) is 13.7. The van der Waals surface area contributed by atoms with Gasteiger partial charge in [0.1, 0.15) is 0 Å². The second-order valence-electron chi connectivity index (χ2n) is 4.47. The number of carbonyl (C=O) groups excluding carboxylic acids is 1. The summed E-state index contributed by atoms with van der Waals surface area (Å²) in [5.41, 5.74) is 0.606. The van der Waals surface area contributed by atoms with Crippen molar-refractivity contribution in [3.63, 3.8) is 0 Å². The standard InChI is InChI=1S/C14H19NO4/c1-17-11-6-7-15(9-11)14(16)10-4-5-12(18-2)13(8-10)19-3/h4-5,8,11H,6-7,9H2,1-3H3. The molecule has 104 valence electrons. The van der Waals surface area contributed by atoms with Crippen LogP contribution in [-0.2, 0) is 4.74 Å². The van der Waals surface area contributed by atoms with Gasteiger partial charge in [-0.3, -0.25) is 4.79 Å². The number of carbonyl (C=O) groups is 1. The molecule has 1 fully saturated rings. The summed E-state index contributed by atoms with van der Waals surface area (Å²) in [5, 5.41) is 0. The third-order valence-electron chi connectivity index (χ3n) is 3.40. The lowest BCUT2D eigenvalue weighted by Gasteiger charge is -2.17. The van der Waals surface area contributed by atoms with Gasteiger partial charge in [-0.1, -0.05) is 0 Å². The SMILES string of the molecule is COc1ccc(C(=O)N2CCC(OC)C2)cc1OC. The van der Waals surface area contributed by atoms with Crippen molar-refractivity contribution in [2.45, 2.75) is 12.5 Å². The Labute approximate surface area is 113 Å². The van der Waals surface area contributed by atoms with Crippen molar-refractivity contribution in [2.75, 3.05) is 34.4 Å². The van der Waals surface area contributed by atoms with Gasteiger partial charge in [-0.25, -0.2) is 0 Å². The van der Waals surface area contributed by atoms with E-state index in [1.165, 1.54) is 0 Å². The number of hydrogen-bond donors (Lipinski definition) is 0.